The molecular weight excluding hydrogens is 234 g/mol. The molecule has 0 bridgehead atoms. The number of aryl methyl sites for hydroxylation is 1. The van der Waals surface area contributed by atoms with Crippen molar-refractivity contribution in [3.8, 4) is 0 Å². The molecule has 3 rings (SSSR count). The maximum Gasteiger partial charge on any atom is 0.283 e. The average molecular weight is 243 g/mol. The molecule has 0 unspecified atom stereocenters. The number of thiazole rings is 1. The number of hydrogen-bond donors (Lipinski definition) is 0. The monoisotopic (exact) mass is 243 g/mol. The van der Waals surface area contributed by atoms with E-state index < -0.39 is 0 Å². The van der Waals surface area contributed by atoms with Gasteiger partial charge in [-0.2, -0.15) is 0 Å². The van der Waals surface area contributed by atoms with Gasteiger partial charge in [0.15, 0.2) is 0 Å². The van der Waals surface area contributed by atoms with Gasteiger partial charge in [-0.1, -0.05) is 12.1 Å². The third kappa shape index (κ3) is 1.64. The summed E-state index contributed by atoms with van der Waals surface area (Å²) in [6, 6.07) is 7.54. The lowest BCUT2D eigenvalue weighted by molar-refractivity contribution is 0.0960. The van der Waals surface area contributed by atoms with Crippen LogP contribution < -0.4 is 0 Å². The Kier molecular flexibility index (Phi) is 2.26. The number of carbonyl (C=O) groups excluding carboxylic acids is 1. The third-order valence-corrected chi connectivity index (χ3v) is 3.28. The van der Waals surface area contributed by atoms with E-state index in [2.05, 4.69) is 9.97 Å². The highest BCUT2D eigenvalue weighted by Crippen LogP contribution is 2.15. The van der Waals surface area contributed by atoms with E-state index in [0.717, 1.165) is 16.0 Å². The van der Waals surface area contributed by atoms with Gasteiger partial charge in [-0.15, -0.1) is 11.3 Å². The zero-order valence-electron chi connectivity index (χ0n) is 9.12. The van der Waals surface area contributed by atoms with Gasteiger partial charge in [0.25, 0.3) is 5.91 Å². The lowest BCUT2D eigenvalue weighted by Crippen LogP contribution is -2.11. The van der Waals surface area contributed by atoms with Crippen molar-refractivity contribution < 1.29 is 4.79 Å². The summed E-state index contributed by atoms with van der Waals surface area (Å²) >= 11 is 1.47. The van der Waals surface area contributed by atoms with Crippen LogP contribution >= 0.6 is 11.3 Å². The Balaban J connectivity index is 2.13. The number of fused-ring (bicyclic) bond motifs is 1. The number of carbonyl (C=O) groups is 1. The molecule has 5 heteroatoms. The van der Waals surface area contributed by atoms with Crippen LogP contribution in [0.1, 0.15) is 15.5 Å². The number of hydrogen-bond acceptors (Lipinski definition) is 4. The predicted molar refractivity (Wildman–Crippen MR) is 66.3 cm³/mol. The van der Waals surface area contributed by atoms with Crippen molar-refractivity contribution in [2.45, 2.75) is 6.92 Å². The largest absolute Gasteiger partial charge is 0.283 e. The minimum absolute atomic E-state index is 0.136. The van der Waals surface area contributed by atoms with Crippen molar-refractivity contribution in [1.82, 2.24) is 14.5 Å². The van der Waals surface area contributed by atoms with Gasteiger partial charge in [0, 0.05) is 5.38 Å². The Morgan fingerprint density at radius 1 is 1.35 bits per heavy atom. The average Bonchev–Trinajstić information content (AvgIpc) is 2.94. The van der Waals surface area contributed by atoms with Crippen molar-refractivity contribution in [2.24, 2.45) is 0 Å². The summed E-state index contributed by atoms with van der Waals surface area (Å²) in [4.78, 5) is 20.6. The van der Waals surface area contributed by atoms with Crippen molar-refractivity contribution in [3.63, 3.8) is 0 Å². The number of imidazole rings is 1. The molecule has 0 radical (unpaired) electrons. The fraction of sp³-hybridized carbons (Fsp3) is 0.0833. The van der Waals surface area contributed by atoms with Crippen LogP contribution in [0.15, 0.2) is 36.0 Å². The maximum atomic E-state index is 12.2. The number of rotatable bonds is 1. The van der Waals surface area contributed by atoms with E-state index in [9.17, 15) is 4.79 Å². The predicted octanol–water partition coefficient (Wildman–Crippen LogP) is 2.49. The molecule has 0 fully saturated rings. The van der Waals surface area contributed by atoms with E-state index in [4.69, 9.17) is 0 Å². The third-order valence-electron chi connectivity index (χ3n) is 2.51. The summed E-state index contributed by atoms with van der Waals surface area (Å²) in [6.07, 6.45) is 1.54. The topological polar surface area (TPSA) is 47.8 Å². The number of aromatic nitrogens is 3. The van der Waals surface area contributed by atoms with E-state index in [-0.39, 0.29) is 5.91 Å². The minimum Gasteiger partial charge on any atom is -0.266 e. The fourth-order valence-electron chi connectivity index (χ4n) is 1.71. The summed E-state index contributed by atoms with van der Waals surface area (Å²) in [6.45, 7) is 1.88. The van der Waals surface area contributed by atoms with Gasteiger partial charge in [-0.25, -0.2) is 9.97 Å². The van der Waals surface area contributed by atoms with Gasteiger partial charge in [-0.05, 0) is 19.1 Å². The minimum atomic E-state index is -0.136. The van der Waals surface area contributed by atoms with Gasteiger partial charge in [0.05, 0.1) is 16.0 Å². The van der Waals surface area contributed by atoms with E-state index in [1.54, 1.807) is 11.7 Å². The molecule has 0 saturated carbocycles. The van der Waals surface area contributed by atoms with Gasteiger partial charge >= 0.3 is 0 Å². The van der Waals surface area contributed by atoms with Gasteiger partial charge < -0.3 is 0 Å². The van der Waals surface area contributed by atoms with Crippen LogP contribution in [0.25, 0.3) is 11.0 Å². The molecule has 0 N–H and O–H groups in total. The van der Waals surface area contributed by atoms with Crippen LogP contribution in [0.5, 0.6) is 0 Å². The molecule has 0 saturated heterocycles. The molecule has 84 valence electrons. The number of benzene rings is 1. The summed E-state index contributed by atoms with van der Waals surface area (Å²) < 4.78 is 1.53. The zero-order chi connectivity index (χ0) is 11.8. The van der Waals surface area contributed by atoms with Gasteiger partial charge in [0.1, 0.15) is 12.0 Å². The fourth-order valence-corrected chi connectivity index (χ4v) is 2.29. The van der Waals surface area contributed by atoms with Gasteiger partial charge in [0.2, 0.25) is 0 Å². The summed E-state index contributed by atoms with van der Waals surface area (Å²) in [5.74, 6) is -0.136. The first-order chi connectivity index (χ1) is 8.25. The van der Waals surface area contributed by atoms with Gasteiger partial charge in [-0.3, -0.25) is 9.36 Å². The second kappa shape index (κ2) is 3.78. The highest BCUT2D eigenvalue weighted by molar-refractivity contribution is 7.09. The van der Waals surface area contributed by atoms with Crippen LogP contribution in [0, 0.1) is 6.92 Å². The smallest absolute Gasteiger partial charge is 0.266 e. The normalized spacial score (nSPS) is 10.9. The summed E-state index contributed by atoms with van der Waals surface area (Å²) in [5, 5.41) is 2.66. The highest BCUT2D eigenvalue weighted by atomic mass is 32.1. The molecule has 2 aromatic heterocycles. The second-order valence-electron chi connectivity index (χ2n) is 3.66. The maximum absolute atomic E-state index is 12.2. The molecule has 4 nitrogen and oxygen atoms in total. The van der Waals surface area contributed by atoms with Crippen LogP contribution in [0.4, 0.5) is 0 Å². The van der Waals surface area contributed by atoms with Crippen molar-refractivity contribution in [2.75, 3.05) is 0 Å². The Morgan fingerprint density at radius 3 is 2.94 bits per heavy atom. The molecule has 0 aliphatic heterocycles. The van der Waals surface area contributed by atoms with Crippen molar-refractivity contribution in [1.29, 1.82) is 0 Å². The number of nitrogens with zero attached hydrogens (tertiary/aromatic N) is 3. The molecule has 0 aliphatic rings. The van der Waals surface area contributed by atoms with E-state index >= 15 is 0 Å². The lowest BCUT2D eigenvalue weighted by atomic mass is 10.3. The standard InChI is InChI=1S/C12H9N3OS/c1-8-14-10(6-17-8)12(16)15-7-13-9-4-2-3-5-11(9)15/h2-7H,1H3. The lowest BCUT2D eigenvalue weighted by Gasteiger charge is -1.99. The molecule has 0 atom stereocenters. The van der Waals surface area contributed by atoms with E-state index in [0.29, 0.717) is 5.69 Å². The zero-order valence-corrected chi connectivity index (χ0v) is 9.94. The number of para-hydroxylation sites is 2. The highest BCUT2D eigenvalue weighted by Gasteiger charge is 2.14. The molecule has 1 aromatic carbocycles. The molecule has 2 heterocycles. The second-order valence-corrected chi connectivity index (χ2v) is 4.72. The molecule has 3 aromatic rings. The summed E-state index contributed by atoms with van der Waals surface area (Å²) in [5.41, 5.74) is 2.09. The SMILES string of the molecule is Cc1nc(C(=O)n2cnc3ccccc32)cs1. The van der Waals surface area contributed by atoms with Crippen LogP contribution in [0.3, 0.4) is 0 Å². The molecule has 0 spiro atoms. The molecular formula is C12H9N3OS. The molecule has 0 aliphatic carbocycles. The van der Waals surface area contributed by atoms with Crippen molar-refractivity contribution >= 4 is 28.3 Å². The quantitative estimate of drug-likeness (QED) is 0.659. The van der Waals surface area contributed by atoms with E-state index in [1.165, 1.54) is 15.9 Å². The molecule has 0 amide bonds. The Labute approximate surface area is 102 Å². The van der Waals surface area contributed by atoms with Crippen LogP contribution in [-0.2, 0) is 0 Å². The van der Waals surface area contributed by atoms with Crippen molar-refractivity contribution in [3.05, 3.63) is 46.7 Å². The Bertz CT molecular complexity index is 698. The van der Waals surface area contributed by atoms with Crippen LogP contribution in [-0.4, -0.2) is 20.4 Å². The first-order valence-corrected chi connectivity index (χ1v) is 6.02. The molecule has 17 heavy (non-hydrogen) atoms. The first-order valence-electron chi connectivity index (χ1n) is 5.14. The Morgan fingerprint density at radius 2 is 2.18 bits per heavy atom. The summed E-state index contributed by atoms with van der Waals surface area (Å²) in [7, 11) is 0. The Hall–Kier alpha value is -2.01. The van der Waals surface area contributed by atoms with E-state index in [1.807, 2.05) is 31.2 Å². The first kappa shape index (κ1) is 10.2. The van der Waals surface area contributed by atoms with Crippen LogP contribution in [0.2, 0.25) is 0 Å².